The lowest BCUT2D eigenvalue weighted by atomic mass is 10.2. The summed E-state index contributed by atoms with van der Waals surface area (Å²) in [6.45, 7) is 0.976. The minimum atomic E-state index is -0.654. The second-order valence-corrected chi connectivity index (χ2v) is 4.24. The lowest BCUT2D eigenvalue weighted by Crippen LogP contribution is -2.29. The maximum atomic E-state index is 11.7. The molecule has 1 fully saturated rings. The van der Waals surface area contributed by atoms with E-state index in [1.165, 1.54) is 23.8 Å². The normalized spacial score (nSPS) is 26.3. The first-order valence-corrected chi connectivity index (χ1v) is 5.79. The zero-order valence-electron chi connectivity index (χ0n) is 10.4. The third kappa shape index (κ3) is 2.91. The number of ether oxygens (including phenoxy) is 2. The molecule has 0 spiro atoms. The molecule has 1 aliphatic heterocycles. The van der Waals surface area contributed by atoms with Gasteiger partial charge in [-0.05, 0) is 6.07 Å². The van der Waals surface area contributed by atoms with Crippen LogP contribution >= 0.6 is 0 Å². The first-order chi connectivity index (χ1) is 9.01. The summed E-state index contributed by atoms with van der Waals surface area (Å²) in [4.78, 5) is 26.2. The number of aliphatic hydroxyl groups is 1. The van der Waals surface area contributed by atoms with Crippen LogP contribution in [-0.4, -0.2) is 39.4 Å². The van der Waals surface area contributed by atoms with Gasteiger partial charge in [0.2, 0.25) is 0 Å². The number of hydrogen-bond acceptors (Lipinski definition) is 7. The maximum Gasteiger partial charge on any atom is 0.351 e. The lowest BCUT2D eigenvalue weighted by Gasteiger charge is -2.15. The van der Waals surface area contributed by atoms with Crippen LogP contribution < -0.4 is 11.4 Å². The Bertz CT molecular complexity index is 529. The first-order valence-electron chi connectivity index (χ1n) is 5.79. The van der Waals surface area contributed by atoms with Gasteiger partial charge in [0, 0.05) is 19.5 Å². The smallest absolute Gasteiger partial charge is 0.351 e. The van der Waals surface area contributed by atoms with Crippen LogP contribution in [0.25, 0.3) is 0 Å². The number of hydrogen-bond donors (Lipinski definition) is 2. The maximum absolute atomic E-state index is 11.7. The second-order valence-electron chi connectivity index (χ2n) is 4.24. The van der Waals surface area contributed by atoms with E-state index in [4.69, 9.17) is 15.2 Å². The number of carbonyl (C=O) groups is 1. The van der Waals surface area contributed by atoms with Crippen molar-refractivity contribution in [3.05, 3.63) is 22.7 Å². The fourth-order valence-electron chi connectivity index (χ4n) is 2.02. The van der Waals surface area contributed by atoms with E-state index in [1.807, 2.05) is 0 Å². The van der Waals surface area contributed by atoms with Crippen molar-refractivity contribution >= 4 is 11.8 Å². The Morgan fingerprint density at radius 3 is 3.05 bits per heavy atom. The van der Waals surface area contributed by atoms with Crippen molar-refractivity contribution < 1.29 is 19.4 Å². The van der Waals surface area contributed by atoms with Crippen molar-refractivity contribution in [3.8, 4) is 0 Å². The molecule has 1 aromatic rings. The number of aliphatic hydroxyl groups excluding tert-OH is 1. The summed E-state index contributed by atoms with van der Waals surface area (Å²) in [6, 6.07) is 1.47. The number of nitrogens with two attached hydrogens (primary N) is 1. The summed E-state index contributed by atoms with van der Waals surface area (Å²) < 4.78 is 11.8. The molecule has 104 valence electrons. The molecular formula is C11H15N3O5. The van der Waals surface area contributed by atoms with Crippen LogP contribution in [-0.2, 0) is 14.3 Å². The standard InChI is InChI=1S/C11H15N3O5/c1-6(16)18-7-4-10(19-8(7)5-15)14-3-2-9(12)13-11(14)17/h2-3,7-8,10,15H,4-5H2,1H3,(H2,12,13,17). The van der Waals surface area contributed by atoms with Crippen molar-refractivity contribution in [2.45, 2.75) is 31.8 Å². The first kappa shape index (κ1) is 13.5. The summed E-state index contributed by atoms with van der Waals surface area (Å²) in [5.74, 6) is -0.343. The van der Waals surface area contributed by atoms with E-state index in [1.54, 1.807) is 0 Å². The zero-order valence-corrected chi connectivity index (χ0v) is 10.4. The van der Waals surface area contributed by atoms with Crippen LogP contribution in [0.1, 0.15) is 19.6 Å². The highest BCUT2D eigenvalue weighted by molar-refractivity contribution is 5.66. The van der Waals surface area contributed by atoms with Crippen LogP contribution in [0.5, 0.6) is 0 Å². The monoisotopic (exact) mass is 269 g/mol. The Hall–Kier alpha value is -1.93. The molecule has 0 amide bonds. The van der Waals surface area contributed by atoms with Crippen LogP contribution in [0.2, 0.25) is 0 Å². The molecule has 1 aliphatic rings. The molecule has 1 saturated heterocycles. The molecule has 0 aromatic carbocycles. The molecule has 3 N–H and O–H groups in total. The van der Waals surface area contributed by atoms with E-state index < -0.39 is 30.1 Å². The number of rotatable bonds is 3. The van der Waals surface area contributed by atoms with Crippen LogP contribution in [0.15, 0.2) is 17.1 Å². The Labute approximate surface area is 108 Å². The van der Waals surface area contributed by atoms with Gasteiger partial charge in [-0.15, -0.1) is 0 Å². The average Bonchev–Trinajstić information content (AvgIpc) is 2.71. The molecule has 3 atom stereocenters. The largest absolute Gasteiger partial charge is 0.460 e. The van der Waals surface area contributed by atoms with Crippen molar-refractivity contribution in [1.82, 2.24) is 9.55 Å². The minimum absolute atomic E-state index is 0.120. The van der Waals surface area contributed by atoms with Crippen molar-refractivity contribution in [3.63, 3.8) is 0 Å². The molecule has 3 unspecified atom stereocenters. The number of carbonyl (C=O) groups excluding carboxylic acids is 1. The van der Waals surface area contributed by atoms with E-state index in [9.17, 15) is 14.7 Å². The fraction of sp³-hybridized carbons (Fsp3) is 0.545. The Kier molecular flexibility index (Phi) is 3.82. The lowest BCUT2D eigenvalue weighted by molar-refractivity contribution is -0.150. The van der Waals surface area contributed by atoms with Gasteiger partial charge in [-0.1, -0.05) is 0 Å². The average molecular weight is 269 g/mol. The number of nitrogen functional groups attached to an aromatic ring is 1. The third-order valence-electron chi connectivity index (χ3n) is 2.84. The van der Waals surface area contributed by atoms with E-state index in [2.05, 4.69) is 4.98 Å². The Morgan fingerprint density at radius 2 is 2.47 bits per heavy atom. The van der Waals surface area contributed by atoms with Gasteiger partial charge in [0.1, 0.15) is 24.3 Å². The zero-order chi connectivity index (χ0) is 14.0. The van der Waals surface area contributed by atoms with E-state index in [0.29, 0.717) is 0 Å². The Balaban J connectivity index is 2.19. The molecule has 0 aliphatic carbocycles. The van der Waals surface area contributed by atoms with E-state index >= 15 is 0 Å². The summed E-state index contributed by atoms with van der Waals surface area (Å²) in [7, 11) is 0. The predicted molar refractivity (Wildman–Crippen MR) is 64.1 cm³/mol. The minimum Gasteiger partial charge on any atom is -0.460 e. The van der Waals surface area contributed by atoms with E-state index in [0.717, 1.165) is 0 Å². The highest BCUT2D eigenvalue weighted by atomic mass is 16.6. The van der Waals surface area contributed by atoms with Crippen LogP contribution in [0.4, 0.5) is 5.82 Å². The van der Waals surface area contributed by atoms with Gasteiger partial charge in [-0.3, -0.25) is 9.36 Å². The van der Waals surface area contributed by atoms with Gasteiger partial charge in [0.05, 0.1) is 6.61 Å². The van der Waals surface area contributed by atoms with Gasteiger partial charge in [-0.25, -0.2) is 4.79 Å². The molecule has 19 heavy (non-hydrogen) atoms. The molecule has 1 aromatic heterocycles. The van der Waals surface area contributed by atoms with Gasteiger partial charge >= 0.3 is 11.7 Å². The molecule has 0 radical (unpaired) electrons. The quantitative estimate of drug-likeness (QED) is 0.678. The van der Waals surface area contributed by atoms with Gasteiger partial charge in [-0.2, -0.15) is 4.98 Å². The molecular weight excluding hydrogens is 254 g/mol. The van der Waals surface area contributed by atoms with Gasteiger partial charge in [0.15, 0.2) is 0 Å². The van der Waals surface area contributed by atoms with Gasteiger partial charge < -0.3 is 20.3 Å². The molecule has 8 heteroatoms. The number of esters is 1. The molecule has 0 saturated carbocycles. The SMILES string of the molecule is CC(=O)OC1CC(n2ccc(N)nc2=O)OC1CO. The van der Waals surface area contributed by atoms with Crippen molar-refractivity contribution in [2.24, 2.45) is 0 Å². The van der Waals surface area contributed by atoms with Crippen LogP contribution in [0, 0.1) is 0 Å². The molecule has 8 nitrogen and oxygen atoms in total. The molecule has 0 bridgehead atoms. The number of nitrogens with zero attached hydrogens (tertiary/aromatic N) is 2. The molecule has 2 heterocycles. The third-order valence-corrected chi connectivity index (χ3v) is 2.84. The predicted octanol–water partition coefficient (Wildman–Crippen LogP) is -0.963. The highest BCUT2D eigenvalue weighted by Gasteiger charge is 2.38. The number of aromatic nitrogens is 2. The van der Waals surface area contributed by atoms with Crippen molar-refractivity contribution in [1.29, 1.82) is 0 Å². The summed E-state index contributed by atoms with van der Waals surface area (Å²) in [5, 5.41) is 9.19. The van der Waals surface area contributed by atoms with Crippen LogP contribution in [0.3, 0.4) is 0 Å². The molecule has 2 rings (SSSR count). The van der Waals surface area contributed by atoms with E-state index in [-0.39, 0.29) is 18.8 Å². The van der Waals surface area contributed by atoms with Gasteiger partial charge in [0.25, 0.3) is 0 Å². The Morgan fingerprint density at radius 1 is 1.74 bits per heavy atom. The topological polar surface area (TPSA) is 117 Å². The number of anilines is 1. The fourth-order valence-corrected chi connectivity index (χ4v) is 2.02. The highest BCUT2D eigenvalue weighted by Crippen LogP contribution is 2.29. The second kappa shape index (κ2) is 5.37. The van der Waals surface area contributed by atoms with Crippen molar-refractivity contribution in [2.75, 3.05) is 12.3 Å². The summed E-state index contributed by atoms with van der Waals surface area (Å²) >= 11 is 0. The summed E-state index contributed by atoms with van der Waals surface area (Å²) in [6.07, 6.45) is -0.145. The summed E-state index contributed by atoms with van der Waals surface area (Å²) in [5.41, 5.74) is 4.85.